The zero-order valence-corrected chi connectivity index (χ0v) is 14.5. The number of amides is 1. The molecule has 0 aliphatic carbocycles. The number of carbonyl (C=O) groups excluding carboxylic acids is 1. The molecule has 0 atom stereocenters. The number of rotatable bonds is 7. The summed E-state index contributed by atoms with van der Waals surface area (Å²) in [4.78, 5) is 19.9. The zero-order chi connectivity index (χ0) is 17.8. The van der Waals surface area contributed by atoms with Crippen molar-refractivity contribution < 1.29 is 21.9 Å². The molecule has 7 nitrogen and oxygen atoms in total. The molecule has 0 unspecified atom stereocenters. The Morgan fingerprint density at radius 2 is 2.04 bits per heavy atom. The van der Waals surface area contributed by atoms with Crippen LogP contribution in [0.4, 0.5) is 0 Å². The van der Waals surface area contributed by atoms with Gasteiger partial charge in [0.2, 0.25) is 0 Å². The van der Waals surface area contributed by atoms with Crippen LogP contribution in [0.2, 0.25) is 0 Å². The first kappa shape index (κ1) is 17.2. The molecule has 3 rings (SSSR count). The van der Waals surface area contributed by atoms with Gasteiger partial charge in [0.1, 0.15) is 18.1 Å². The zero-order valence-electron chi connectivity index (χ0n) is 14.5. The fourth-order valence-electron chi connectivity index (χ4n) is 2.93. The fraction of sp³-hybridized carbons (Fsp3) is 0.333. The maximum Gasteiger partial charge on any atom is 0.270 e. The number of aromatic nitrogens is 2. The van der Waals surface area contributed by atoms with Crippen LogP contribution in [0.3, 0.4) is 0 Å². The van der Waals surface area contributed by atoms with Crippen molar-refractivity contribution in [2.45, 2.75) is 6.61 Å². The SMILES string of the molecule is CNC(=O)c1ncc2[nH]c3cccc(OCCOC)c3c2c1COC.[HH].[HH]. The summed E-state index contributed by atoms with van der Waals surface area (Å²) in [6.45, 7) is 1.20. The van der Waals surface area contributed by atoms with E-state index in [1.54, 1.807) is 27.5 Å². The minimum absolute atomic E-state index is 0. The van der Waals surface area contributed by atoms with E-state index in [1.165, 1.54) is 0 Å². The second-order valence-electron chi connectivity index (χ2n) is 5.53. The Balaban J connectivity index is 0.00000182. The average Bonchev–Trinajstić information content (AvgIpc) is 3.01. The van der Waals surface area contributed by atoms with E-state index >= 15 is 0 Å². The molecule has 25 heavy (non-hydrogen) atoms. The number of methoxy groups -OCH3 is 2. The maximum atomic E-state index is 12.2. The smallest absolute Gasteiger partial charge is 0.270 e. The molecule has 0 bridgehead atoms. The minimum atomic E-state index is -0.249. The summed E-state index contributed by atoms with van der Waals surface area (Å²) in [5.41, 5.74) is 2.83. The number of nitrogens with one attached hydrogen (secondary N) is 2. The van der Waals surface area contributed by atoms with Gasteiger partial charge < -0.3 is 24.5 Å². The molecular formula is C18H25N3O4. The summed E-state index contributed by atoms with van der Waals surface area (Å²) in [5, 5.41) is 4.42. The topological polar surface area (TPSA) is 85.5 Å². The van der Waals surface area contributed by atoms with E-state index in [-0.39, 0.29) is 15.4 Å². The maximum absolute atomic E-state index is 12.2. The van der Waals surface area contributed by atoms with E-state index in [2.05, 4.69) is 15.3 Å². The Kier molecular flexibility index (Phi) is 5.16. The lowest BCUT2D eigenvalue weighted by atomic mass is 10.0. The lowest BCUT2D eigenvalue weighted by Crippen LogP contribution is -2.21. The highest BCUT2D eigenvalue weighted by Gasteiger charge is 2.20. The third-order valence-electron chi connectivity index (χ3n) is 4.00. The second kappa shape index (κ2) is 7.50. The number of benzene rings is 1. The van der Waals surface area contributed by atoms with Crippen LogP contribution in [0.5, 0.6) is 5.75 Å². The quantitative estimate of drug-likeness (QED) is 0.642. The summed E-state index contributed by atoms with van der Waals surface area (Å²) in [6.07, 6.45) is 1.66. The average molecular weight is 347 g/mol. The molecule has 0 saturated carbocycles. The number of ether oxygens (including phenoxy) is 3. The first-order valence-corrected chi connectivity index (χ1v) is 7.96. The standard InChI is InChI=1S/C18H21N3O4.2H2/c1-19-18(22)17-11(10-24-3)15-13(9-20-17)21-12-5-4-6-14(16(12)15)25-8-7-23-2;;/h4-6,9,21H,7-8,10H2,1-3H3,(H,19,22);2*1H. The summed E-state index contributed by atoms with van der Waals surface area (Å²) in [5.74, 6) is 0.480. The normalized spacial score (nSPS) is 11.2. The van der Waals surface area contributed by atoms with E-state index in [0.29, 0.717) is 18.9 Å². The molecule has 1 aromatic carbocycles. The van der Waals surface area contributed by atoms with Gasteiger partial charge in [-0.3, -0.25) is 4.79 Å². The molecule has 3 aromatic rings. The van der Waals surface area contributed by atoms with Crippen LogP contribution in [0.25, 0.3) is 21.8 Å². The predicted molar refractivity (Wildman–Crippen MR) is 99.3 cm³/mol. The third-order valence-corrected chi connectivity index (χ3v) is 4.00. The third kappa shape index (κ3) is 3.16. The van der Waals surface area contributed by atoms with Crippen LogP contribution in [0.15, 0.2) is 24.4 Å². The first-order chi connectivity index (χ1) is 12.2. The van der Waals surface area contributed by atoms with Gasteiger partial charge in [0, 0.05) is 40.5 Å². The molecular weight excluding hydrogens is 322 g/mol. The van der Waals surface area contributed by atoms with Crippen LogP contribution in [0.1, 0.15) is 18.9 Å². The van der Waals surface area contributed by atoms with E-state index in [0.717, 1.165) is 33.1 Å². The van der Waals surface area contributed by atoms with Gasteiger partial charge in [-0.2, -0.15) is 0 Å². The fourth-order valence-corrected chi connectivity index (χ4v) is 2.93. The minimum Gasteiger partial charge on any atom is -0.490 e. The number of aromatic amines is 1. The lowest BCUT2D eigenvalue weighted by molar-refractivity contribution is 0.0953. The van der Waals surface area contributed by atoms with E-state index in [9.17, 15) is 4.79 Å². The van der Waals surface area contributed by atoms with E-state index in [4.69, 9.17) is 14.2 Å². The summed E-state index contributed by atoms with van der Waals surface area (Å²) >= 11 is 0. The van der Waals surface area contributed by atoms with Crippen molar-refractivity contribution >= 4 is 27.7 Å². The van der Waals surface area contributed by atoms with Gasteiger partial charge in [0.25, 0.3) is 5.91 Å². The number of pyridine rings is 1. The van der Waals surface area contributed by atoms with Crippen molar-refractivity contribution in [1.29, 1.82) is 0 Å². The highest BCUT2D eigenvalue weighted by molar-refractivity contribution is 6.14. The Bertz CT molecular complexity index is 914. The lowest BCUT2D eigenvalue weighted by Gasteiger charge is -2.11. The van der Waals surface area contributed by atoms with Gasteiger partial charge in [-0.25, -0.2) is 4.98 Å². The molecule has 0 aliphatic heterocycles. The van der Waals surface area contributed by atoms with Gasteiger partial charge >= 0.3 is 0 Å². The van der Waals surface area contributed by atoms with Crippen molar-refractivity contribution in [2.24, 2.45) is 0 Å². The predicted octanol–water partition coefficient (Wildman–Crippen LogP) is 2.74. The molecule has 0 spiro atoms. The van der Waals surface area contributed by atoms with Crippen LogP contribution in [0, 0.1) is 0 Å². The molecule has 0 aliphatic rings. The summed E-state index contributed by atoms with van der Waals surface area (Å²) in [7, 11) is 4.81. The molecule has 0 saturated heterocycles. The molecule has 2 N–H and O–H groups in total. The van der Waals surface area contributed by atoms with Crippen LogP contribution < -0.4 is 10.1 Å². The number of nitrogens with zero attached hydrogens (tertiary/aromatic N) is 1. The van der Waals surface area contributed by atoms with Crippen molar-refractivity contribution in [3.63, 3.8) is 0 Å². The number of fused-ring (bicyclic) bond motifs is 3. The van der Waals surface area contributed by atoms with Crippen molar-refractivity contribution in [3.8, 4) is 5.75 Å². The van der Waals surface area contributed by atoms with E-state index in [1.807, 2.05) is 18.2 Å². The van der Waals surface area contributed by atoms with Crippen LogP contribution in [-0.4, -0.2) is 50.4 Å². The Hall–Kier alpha value is -2.64. The monoisotopic (exact) mass is 347 g/mol. The number of carbonyl (C=O) groups is 1. The second-order valence-corrected chi connectivity index (χ2v) is 5.53. The van der Waals surface area contributed by atoms with Crippen LogP contribution >= 0.6 is 0 Å². The van der Waals surface area contributed by atoms with Gasteiger partial charge in [0.05, 0.1) is 30.4 Å². The number of hydrogen-bond donors (Lipinski definition) is 2. The molecule has 0 radical (unpaired) electrons. The molecule has 2 heterocycles. The van der Waals surface area contributed by atoms with Gasteiger partial charge in [0.15, 0.2) is 0 Å². The molecule has 2 aromatic heterocycles. The highest BCUT2D eigenvalue weighted by atomic mass is 16.5. The molecule has 136 valence electrons. The molecule has 7 heteroatoms. The Morgan fingerprint density at radius 1 is 1.20 bits per heavy atom. The van der Waals surface area contributed by atoms with Gasteiger partial charge in [-0.15, -0.1) is 0 Å². The van der Waals surface area contributed by atoms with Crippen molar-refractivity contribution in [2.75, 3.05) is 34.5 Å². The number of hydrogen-bond acceptors (Lipinski definition) is 5. The highest BCUT2D eigenvalue weighted by Crippen LogP contribution is 2.36. The van der Waals surface area contributed by atoms with Crippen molar-refractivity contribution in [3.05, 3.63) is 35.7 Å². The molecule has 0 fully saturated rings. The van der Waals surface area contributed by atoms with Crippen molar-refractivity contribution in [1.82, 2.24) is 15.3 Å². The summed E-state index contributed by atoms with van der Waals surface area (Å²) < 4.78 is 16.3. The number of H-pyrrole nitrogens is 1. The van der Waals surface area contributed by atoms with Gasteiger partial charge in [-0.05, 0) is 12.1 Å². The first-order valence-electron chi connectivity index (χ1n) is 7.96. The summed E-state index contributed by atoms with van der Waals surface area (Å²) in [6, 6.07) is 5.79. The Labute approximate surface area is 148 Å². The van der Waals surface area contributed by atoms with Crippen LogP contribution in [-0.2, 0) is 16.1 Å². The van der Waals surface area contributed by atoms with E-state index < -0.39 is 0 Å². The Morgan fingerprint density at radius 3 is 2.76 bits per heavy atom. The largest absolute Gasteiger partial charge is 0.490 e. The molecule has 1 amide bonds. The van der Waals surface area contributed by atoms with Gasteiger partial charge in [-0.1, -0.05) is 6.07 Å².